The van der Waals surface area contributed by atoms with Gasteiger partial charge in [0.1, 0.15) is 5.50 Å². The van der Waals surface area contributed by atoms with E-state index in [-0.39, 0.29) is 13.2 Å². The third-order valence-electron chi connectivity index (χ3n) is 2.69. The van der Waals surface area contributed by atoms with Gasteiger partial charge in [-0.05, 0) is 12.5 Å². The van der Waals surface area contributed by atoms with Crippen LogP contribution in [0, 0.1) is 0 Å². The lowest BCUT2D eigenvalue weighted by Crippen LogP contribution is -2.41. The van der Waals surface area contributed by atoms with Crippen molar-refractivity contribution in [2.24, 2.45) is 5.10 Å². The zero-order valence-electron chi connectivity index (χ0n) is 12.4. The molecule has 0 saturated heterocycles. The first kappa shape index (κ1) is 18.6. The lowest BCUT2D eigenvalue weighted by molar-refractivity contribution is -0.0635. The number of benzene rings is 1. The van der Waals surface area contributed by atoms with Crippen molar-refractivity contribution in [1.82, 2.24) is 10.3 Å². The smallest absolute Gasteiger partial charge is 0.375 e. The second kappa shape index (κ2) is 8.85. The highest BCUT2D eigenvalue weighted by Gasteiger charge is 2.36. The van der Waals surface area contributed by atoms with Crippen LogP contribution in [0.2, 0.25) is 0 Å². The largest absolute Gasteiger partial charge is 0.451 e. The van der Waals surface area contributed by atoms with Crippen molar-refractivity contribution in [2.75, 3.05) is 20.2 Å². The average molecular weight is 338 g/mol. The summed E-state index contributed by atoms with van der Waals surface area (Å²) in [5.41, 5.74) is 0.316. The minimum Gasteiger partial charge on any atom is -0.375 e. The zero-order chi connectivity index (χ0) is 16.6. The van der Waals surface area contributed by atoms with E-state index in [1.165, 1.54) is 14.0 Å². The highest BCUT2D eigenvalue weighted by atomic mass is 35.5. The Morgan fingerprint density at radius 3 is 2.55 bits per heavy atom. The van der Waals surface area contributed by atoms with Crippen molar-refractivity contribution >= 4 is 17.4 Å². The maximum absolute atomic E-state index is 12.8. The zero-order valence-corrected chi connectivity index (χ0v) is 13.2. The van der Waals surface area contributed by atoms with Crippen molar-refractivity contribution in [1.29, 1.82) is 0 Å². The molecule has 0 aliphatic carbocycles. The molecule has 4 nitrogen and oxygen atoms in total. The molecule has 0 aliphatic rings. The molecule has 0 aliphatic heterocycles. The van der Waals surface area contributed by atoms with Gasteiger partial charge in [-0.25, -0.2) is 0 Å². The summed E-state index contributed by atoms with van der Waals surface area (Å²) in [6.45, 7) is 2.00. The third-order valence-corrected chi connectivity index (χ3v) is 2.97. The van der Waals surface area contributed by atoms with Crippen molar-refractivity contribution < 1.29 is 17.9 Å². The molecule has 1 atom stereocenters. The van der Waals surface area contributed by atoms with Gasteiger partial charge in [-0.3, -0.25) is 5.01 Å². The van der Waals surface area contributed by atoms with Gasteiger partial charge in [-0.15, -0.1) is 0 Å². The molecule has 0 bridgehead atoms. The number of hydrogen-bond donors (Lipinski definition) is 1. The molecule has 1 aromatic carbocycles. The van der Waals surface area contributed by atoms with E-state index >= 15 is 0 Å². The van der Waals surface area contributed by atoms with Crippen molar-refractivity contribution in [2.45, 2.75) is 25.2 Å². The molecule has 0 radical (unpaired) electrons. The van der Waals surface area contributed by atoms with Gasteiger partial charge in [0.15, 0.2) is 0 Å². The van der Waals surface area contributed by atoms with Crippen LogP contribution >= 0.6 is 11.6 Å². The Balaban J connectivity index is 2.41. The Labute approximate surface area is 132 Å². The molecule has 1 rings (SSSR count). The van der Waals surface area contributed by atoms with Gasteiger partial charge in [0, 0.05) is 13.6 Å². The topological polar surface area (TPSA) is 36.9 Å². The molecule has 1 N–H and O–H groups in total. The van der Waals surface area contributed by atoms with Gasteiger partial charge in [-0.1, -0.05) is 41.9 Å². The van der Waals surface area contributed by atoms with Crippen LogP contribution in [-0.2, 0) is 11.3 Å². The lowest BCUT2D eigenvalue weighted by atomic mass is 10.2. The summed E-state index contributed by atoms with van der Waals surface area (Å²) in [6, 6.07) is 9.38. The second-order valence-electron chi connectivity index (χ2n) is 4.56. The van der Waals surface area contributed by atoms with Gasteiger partial charge >= 0.3 is 6.18 Å². The summed E-state index contributed by atoms with van der Waals surface area (Å²) in [7, 11) is 1.37. The number of amidine groups is 1. The Bertz CT molecular complexity index is 466. The average Bonchev–Trinajstić information content (AvgIpc) is 2.45. The SMILES string of the molecule is CC(Cl)N(C)/N=C(\NCCOCc1ccccc1)C(F)(F)F. The molecule has 0 fully saturated rings. The van der Waals surface area contributed by atoms with E-state index in [4.69, 9.17) is 16.3 Å². The third kappa shape index (κ3) is 7.00. The van der Waals surface area contributed by atoms with Crippen molar-refractivity contribution in [3.05, 3.63) is 35.9 Å². The molecule has 1 unspecified atom stereocenters. The fourth-order valence-corrected chi connectivity index (χ4v) is 1.48. The molecule has 0 saturated carbocycles. The van der Waals surface area contributed by atoms with Crippen molar-refractivity contribution in [3.63, 3.8) is 0 Å². The van der Waals surface area contributed by atoms with E-state index < -0.39 is 17.5 Å². The number of hydrazone groups is 1. The van der Waals surface area contributed by atoms with Crippen LogP contribution in [0.25, 0.3) is 0 Å². The van der Waals surface area contributed by atoms with Crippen LogP contribution in [-0.4, -0.2) is 42.7 Å². The minimum atomic E-state index is -4.57. The maximum Gasteiger partial charge on any atom is 0.451 e. The number of ether oxygens (including phenoxy) is 1. The molecule has 124 valence electrons. The number of nitrogens with one attached hydrogen (secondary N) is 1. The summed E-state index contributed by atoms with van der Waals surface area (Å²) >= 11 is 5.67. The van der Waals surface area contributed by atoms with Gasteiger partial charge in [0.25, 0.3) is 0 Å². The van der Waals surface area contributed by atoms with Crippen LogP contribution in [0.4, 0.5) is 13.2 Å². The van der Waals surface area contributed by atoms with E-state index in [2.05, 4.69) is 10.4 Å². The molecular weight excluding hydrogens is 319 g/mol. The van der Waals surface area contributed by atoms with Crippen LogP contribution < -0.4 is 5.32 Å². The summed E-state index contributed by atoms with van der Waals surface area (Å²) < 4.78 is 43.8. The Morgan fingerprint density at radius 1 is 1.36 bits per heavy atom. The van der Waals surface area contributed by atoms with E-state index in [1.54, 1.807) is 0 Å². The van der Waals surface area contributed by atoms with Crippen LogP contribution in [0.15, 0.2) is 35.4 Å². The monoisotopic (exact) mass is 337 g/mol. The Kier molecular flexibility index (Phi) is 7.47. The normalized spacial score (nSPS) is 13.8. The van der Waals surface area contributed by atoms with E-state index in [0.29, 0.717) is 6.61 Å². The van der Waals surface area contributed by atoms with E-state index in [1.807, 2.05) is 30.3 Å². The van der Waals surface area contributed by atoms with Crippen LogP contribution in [0.3, 0.4) is 0 Å². The molecular formula is C14H19ClF3N3O. The molecule has 0 amide bonds. The van der Waals surface area contributed by atoms with Gasteiger partial charge < -0.3 is 10.1 Å². The molecule has 0 spiro atoms. The fraction of sp³-hybridized carbons (Fsp3) is 0.500. The Hall–Kier alpha value is -1.47. The predicted octanol–water partition coefficient (Wildman–Crippen LogP) is 3.19. The summed E-state index contributed by atoms with van der Waals surface area (Å²) in [5, 5.41) is 6.69. The molecule has 0 aromatic heterocycles. The second-order valence-corrected chi connectivity index (χ2v) is 5.19. The fourth-order valence-electron chi connectivity index (χ4n) is 1.44. The lowest BCUT2D eigenvalue weighted by Gasteiger charge is -2.20. The number of halogens is 4. The molecule has 1 aromatic rings. The number of nitrogens with zero attached hydrogens (tertiary/aromatic N) is 2. The van der Waals surface area contributed by atoms with Crippen LogP contribution in [0.1, 0.15) is 12.5 Å². The summed E-state index contributed by atoms with van der Waals surface area (Å²) in [4.78, 5) is 0. The molecule has 22 heavy (non-hydrogen) atoms. The number of hydrogen-bond acceptors (Lipinski definition) is 3. The van der Waals surface area contributed by atoms with Gasteiger partial charge in [0.05, 0.1) is 13.2 Å². The highest BCUT2D eigenvalue weighted by Crippen LogP contribution is 2.17. The number of alkyl halides is 4. The molecule has 0 heterocycles. The summed E-state index contributed by atoms with van der Waals surface area (Å²) in [6.07, 6.45) is -4.57. The quantitative estimate of drug-likeness (QED) is 0.207. The van der Waals surface area contributed by atoms with E-state index in [9.17, 15) is 13.2 Å². The van der Waals surface area contributed by atoms with Gasteiger partial charge in [-0.2, -0.15) is 18.3 Å². The van der Waals surface area contributed by atoms with Gasteiger partial charge in [0.2, 0.25) is 5.84 Å². The first-order valence-corrected chi connectivity index (χ1v) is 7.12. The standard InChI is InChI=1S/C14H19ClF3N3O/c1-11(15)21(2)20-13(14(16,17)18)19-8-9-22-10-12-6-4-3-5-7-12/h3-7,11H,8-10H2,1-2H3,(H,19,20). The minimum absolute atomic E-state index is 0.00428. The first-order valence-electron chi connectivity index (χ1n) is 6.69. The predicted molar refractivity (Wildman–Crippen MR) is 80.7 cm³/mol. The maximum atomic E-state index is 12.8. The first-order chi connectivity index (χ1) is 10.3. The van der Waals surface area contributed by atoms with E-state index in [0.717, 1.165) is 10.6 Å². The molecule has 8 heteroatoms. The van der Waals surface area contributed by atoms with Crippen molar-refractivity contribution in [3.8, 4) is 0 Å². The Morgan fingerprint density at radius 2 is 2.00 bits per heavy atom. The number of rotatable bonds is 7. The summed E-state index contributed by atoms with van der Waals surface area (Å²) in [5.74, 6) is -1.09. The van der Waals surface area contributed by atoms with Crippen LogP contribution in [0.5, 0.6) is 0 Å². The highest BCUT2D eigenvalue weighted by molar-refractivity contribution is 6.20.